The van der Waals surface area contributed by atoms with Gasteiger partial charge in [-0.05, 0) is 42.7 Å². The maximum Gasteiger partial charge on any atom is 0.257 e. The Morgan fingerprint density at radius 1 is 1.29 bits per heavy atom. The van der Waals surface area contributed by atoms with Crippen molar-refractivity contribution in [2.45, 2.75) is 19.9 Å². The highest BCUT2D eigenvalue weighted by Gasteiger charge is 2.09. The van der Waals surface area contributed by atoms with Gasteiger partial charge < -0.3 is 15.4 Å². The Bertz CT molecular complexity index is 874. The summed E-state index contributed by atoms with van der Waals surface area (Å²) in [5.41, 5.74) is 2.31. The minimum Gasteiger partial charge on any atom is -0.484 e. The van der Waals surface area contributed by atoms with Gasteiger partial charge in [-0.2, -0.15) is 0 Å². The summed E-state index contributed by atoms with van der Waals surface area (Å²) in [6.45, 7) is 5.98. The summed E-state index contributed by atoms with van der Waals surface area (Å²) >= 11 is 5.58. The minimum atomic E-state index is -0.622. The van der Waals surface area contributed by atoms with Crippen LogP contribution in [0, 0.1) is 12.7 Å². The molecule has 0 fully saturated rings. The molecule has 0 atom stereocenters. The van der Waals surface area contributed by atoms with Crippen LogP contribution >= 0.6 is 11.6 Å². The summed E-state index contributed by atoms with van der Waals surface area (Å²) in [4.78, 5) is 27.9. The van der Waals surface area contributed by atoms with Crippen LogP contribution < -0.4 is 15.4 Å². The van der Waals surface area contributed by atoms with E-state index in [0.717, 1.165) is 17.2 Å². The summed E-state index contributed by atoms with van der Waals surface area (Å²) in [5.74, 6) is -1.10. The van der Waals surface area contributed by atoms with Gasteiger partial charge in [0.2, 0.25) is 5.91 Å². The van der Waals surface area contributed by atoms with Crippen molar-refractivity contribution in [3.63, 3.8) is 0 Å². The van der Waals surface area contributed by atoms with E-state index in [1.165, 1.54) is 12.1 Å². The number of rotatable bonds is 9. The number of hydrogen-bond donors (Lipinski definition) is 2. The Morgan fingerprint density at radius 3 is 2.79 bits per heavy atom. The summed E-state index contributed by atoms with van der Waals surface area (Å²) < 4.78 is 18.5. The Balaban J connectivity index is 1.66. The first kappa shape index (κ1) is 21.4. The molecule has 2 N–H and O–H groups in total. The maximum absolute atomic E-state index is 13.3. The zero-order valence-electron chi connectivity index (χ0n) is 15.4. The second-order valence-electron chi connectivity index (χ2n) is 6.05. The molecule has 0 spiro atoms. The maximum atomic E-state index is 13.3. The van der Waals surface area contributed by atoms with Crippen LogP contribution in [-0.4, -0.2) is 29.9 Å². The lowest BCUT2D eigenvalue weighted by Gasteiger charge is -2.10. The molecule has 0 aliphatic carbocycles. The number of hydrogen-bond acceptors (Lipinski definition) is 4. The van der Waals surface area contributed by atoms with Gasteiger partial charge in [0, 0.05) is 37.1 Å². The molecule has 6 nitrogen and oxygen atoms in total. The van der Waals surface area contributed by atoms with Crippen LogP contribution in [0.1, 0.15) is 17.5 Å². The number of carbonyl (C=O) groups excluding carboxylic acids is 2. The molecule has 0 radical (unpaired) electrons. The Kier molecular flexibility index (Phi) is 7.95. The summed E-state index contributed by atoms with van der Waals surface area (Å²) in [6.07, 6.45) is 3.68. The fourth-order valence-electron chi connectivity index (χ4n) is 2.22. The van der Waals surface area contributed by atoms with Gasteiger partial charge in [0.25, 0.3) is 5.91 Å². The van der Waals surface area contributed by atoms with E-state index < -0.39 is 11.7 Å². The van der Waals surface area contributed by atoms with Crippen molar-refractivity contribution < 1.29 is 18.7 Å². The van der Waals surface area contributed by atoms with Crippen LogP contribution in [0.5, 0.6) is 5.75 Å². The van der Waals surface area contributed by atoms with Gasteiger partial charge in [0.05, 0.1) is 5.02 Å². The lowest BCUT2D eigenvalue weighted by Crippen LogP contribution is -2.31. The number of benzene rings is 1. The van der Waals surface area contributed by atoms with Crippen LogP contribution in [-0.2, 0) is 16.1 Å². The standard InChI is InChI=1S/C20H21ClFN3O3/c1-13-5-7-23-10-15(13)11-25-20(27)14(2)6-8-24-19(26)12-28-16-3-4-17(21)18(22)9-16/h3-5,7,9-10H,2,6,8,11-12H2,1H3,(H,24,26)(H,25,27). The molecule has 28 heavy (non-hydrogen) atoms. The molecule has 1 aromatic heterocycles. The number of pyridine rings is 1. The zero-order chi connectivity index (χ0) is 20.5. The molecule has 0 saturated carbocycles. The highest BCUT2D eigenvalue weighted by atomic mass is 35.5. The van der Waals surface area contributed by atoms with E-state index in [4.69, 9.17) is 16.3 Å². The number of nitrogens with one attached hydrogen (secondary N) is 2. The van der Waals surface area contributed by atoms with Gasteiger partial charge in [-0.15, -0.1) is 0 Å². The highest BCUT2D eigenvalue weighted by molar-refractivity contribution is 6.30. The molecule has 2 rings (SSSR count). The SMILES string of the molecule is C=C(CCNC(=O)COc1ccc(Cl)c(F)c1)C(=O)NCc1cnccc1C. The molecule has 1 heterocycles. The van der Waals surface area contributed by atoms with Crippen molar-refractivity contribution in [1.82, 2.24) is 15.6 Å². The van der Waals surface area contributed by atoms with Gasteiger partial charge >= 0.3 is 0 Å². The molecule has 0 aliphatic heterocycles. The molecular weight excluding hydrogens is 385 g/mol. The van der Waals surface area contributed by atoms with Crippen LogP contribution in [0.2, 0.25) is 5.02 Å². The van der Waals surface area contributed by atoms with Crippen LogP contribution in [0.25, 0.3) is 0 Å². The molecule has 0 saturated heterocycles. The van der Waals surface area contributed by atoms with E-state index in [0.29, 0.717) is 18.5 Å². The molecule has 2 aromatic rings. The smallest absolute Gasteiger partial charge is 0.257 e. The first-order valence-corrected chi connectivity index (χ1v) is 8.94. The highest BCUT2D eigenvalue weighted by Crippen LogP contribution is 2.20. The van der Waals surface area contributed by atoms with E-state index in [1.54, 1.807) is 12.4 Å². The van der Waals surface area contributed by atoms with E-state index in [2.05, 4.69) is 22.2 Å². The van der Waals surface area contributed by atoms with Crippen molar-refractivity contribution in [3.05, 3.63) is 70.8 Å². The second-order valence-corrected chi connectivity index (χ2v) is 6.46. The lowest BCUT2D eigenvalue weighted by atomic mass is 10.1. The fourth-order valence-corrected chi connectivity index (χ4v) is 2.33. The number of halogens is 2. The number of carbonyl (C=O) groups is 2. The third-order valence-corrected chi connectivity index (χ3v) is 4.22. The number of nitrogens with zero attached hydrogens (tertiary/aromatic N) is 1. The van der Waals surface area contributed by atoms with Crippen molar-refractivity contribution in [1.29, 1.82) is 0 Å². The van der Waals surface area contributed by atoms with Crippen molar-refractivity contribution in [3.8, 4) is 5.75 Å². The van der Waals surface area contributed by atoms with Crippen LogP contribution in [0.4, 0.5) is 4.39 Å². The topological polar surface area (TPSA) is 80.3 Å². The Labute approximate surface area is 167 Å². The quantitative estimate of drug-likeness (QED) is 0.628. The molecule has 8 heteroatoms. The van der Waals surface area contributed by atoms with Crippen LogP contribution in [0.3, 0.4) is 0 Å². The van der Waals surface area contributed by atoms with Crippen molar-refractivity contribution in [2.75, 3.05) is 13.2 Å². The van der Waals surface area contributed by atoms with E-state index >= 15 is 0 Å². The molecule has 0 bridgehead atoms. The summed E-state index contributed by atoms with van der Waals surface area (Å²) in [6, 6.07) is 5.78. The Hall–Kier alpha value is -2.93. The predicted molar refractivity (Wildman–Crippen MR) is 104 cm³/mol. The number of amides is 2. The van der Waals surface area contributed by atoms with Gasteiger partial charge in [-0.1, -0.05) is 18.2 Å². The summed E-state index contributed by atoms with van der Waals surface area (Å²) in [5, 5.41) is 5.36. The predicted octanol–water partition coefficient (Wildman–Crippen LogP) is 2.94. The molecular formula is C20H21ClFN3O3. The normalized spacial score (nSPS) is 10.2. The van der Waals surface area contributed by atoms with E-state index in [1.807, 2.05) is 13.0 Å². The molecule has 148 valence electrons. The second kappa shape index (κ2) is 10.4. The minimum absolute atomic E-state index is 0.0210. The first-order valence-electron chi connectivity index (χ1n) is 8.57. The average molecular weight is 406 g/mol. The average Bonchev–Trinajstić information content (AvgIpc) is 2.68. The number of aromatic nitrogens is 1. The van der Waals surface area contributed by atoms with Crippen LogP contribution in [0.15, 0.2) is 48.8 Å². The molecule has 1 aromatic carbocycles. The first-order chi connectivity index (χ1) is 13.4. The van der Waals surface area contributed by atoms with Gasteiger partial charge in [-0.3, -0.25) is 14.6 Å². The van der Waals surface area contributed by atoms with Gasteiger partial charge in [0.15, 0.2) is 6.61 Å². The van der Waals surface area contributed by atoms with E-state index in [-0.39, 0.29) is 29.8 Å². The third-order valence-electron chi connectivity index (χ3n) is 3.92. The van der Waals surface area contributed by atoms with Gasteiger partial charge in [-0.25, -0.2) is 4.39 Å². The molecule has 2 amide bonds. The Morgan fingerprint density at radius 2 is 2.07 bits per heavy atom. The van der Waals surface area contributed by atoms with Crippen molar-refractivity contribution in [2.24, 2.45) is 0 Å². The van der Waals surface area contributed by atoms with Gasteiger partial charge in [0.1, 0.15) is 11.6 Å². The lowest BCUT2D eigenvalue weighted by molar-refractivity contribution is -0.123. The zero-order valence-corrected chi connectivity index (χ0v) is 16.2. The fraction of sp³-hybridized carbons (Fsp3) is 0.250. The number of ether oxygens (including phenoxy) is 1. The summed E-state index contributed by atoms with van der Waals surface area (Å²) in [7, 11) is 0. The third kappa shape index (κ3) is 6.66. The molecule has 0 aliphatic rings. The number of aryl methyl sites for hydroxylation is 1. The monoisotopic (exact) mass is 405 g/mol. The van der Waals surface area contributed by atoms with E-state index in [9.17, 15) is 14.0 Å². The molecule has 0 unspecified atom stereocenters. The largest absolute Gasteiger partial charge is 0.484 e. The van der Waals surface area contributed by atoms with Crippen molar-refractivity contribution >= 4 is 23.4 Å².